The molecule has 0 amide bonds. The van der Waals surface area contributed by atoms with E-state index in [0.29, 0.717) is 5.92 Å². The van der Waals surface area contributed by atoms with Crippen LogP contribution in [-0.2, 0) is 13.1 Å². The number of nitrogens with zero attached hydrogens (tertiary/aromatic N) is 5. The topological polar surface area (TPSA) is 46.8 Å². The fraction of sp³-hybridized carbons (Fsp3) is 0.296. The second-order valence-electron chi connectivity index (χ2n) is 8.75. The second-order valence-corrected chi connectivity index (χ2v) is 8.75. The van der Waals surface area contributed by atoms with Gasteiger partial charge < -0.3 is 0 Å². The van der Waals surface area contributed by atoms with E-state index in [0.717, 1.165) is 24.6 Å². The Balaban J connectivity index is 1.78. The Morgan fingerprint density at radius 1 is 0.750 bits per heavy atom. The van der Waals surface area contributed by atoms with Crippen LogP contribution < -0.4 is 0 Å². The van der Waals surface area contributed by atoms with Gasteiger partial charge in [0.05, 0.1) is 11.7 Å². The van der Waals surface area contributed by atoms with Gasteiger partial charge in [0, 0.05) is 13.1 Å². The zero-order valence-electron chi connectivity index (χ0n) is 19.3. The molecule has 5 heteroatoms. The minimum atomic E-state index is 0.0458. The van der Waals surface area contributed by atoms with Crippen molar-refractivity contribution in [2.75, 3.05) is 0 Å². The lowest BCUT2D eigenvalue weighted by atomic mass is 9.99. The van der Waals surface area contributed by atoms with E-state index in [2.05, 4.69) is 127 Å². The number of benzene rings is 3. The minimum absolute atomic E-state index is 0.0458. The SMILES string of the molecule is Cc1cccc(C)c1-n1nnnc1[C@@H](C(C)C)N(Cc1ccccc1)Cc1ccccc1. The molecule has 1 heterocycles. The van der Waals surface area contributed by atoms with Gasteiger partial charge in [0.1, 0.15) is 0 Å². The Labute approximate surface area is 190 Å². The Hall–Kier alpha value is -3.31. The highest BCUT2D eigenvalue weighted by atomic mass is 15.6. The summed E-state index contributed by atoms with van der Waals surface area (Å²) >= 11 is 0. The standard InChI is InChI=1S/C27H31N5/c1-20(2)25(27-28-29-30-32(27)26-21(3)12-11-13-22(26)4)31(18-23-14-7-5-8-15-23)19-24-16-9-6-10-17-24/h5-17,20,25H,18-19H2,1-4H3/t25-/m1/s1. The largest absolute Gasteiger partial charge is 0.284 e. The molecule has 0 saturated carbocycles. The fourth-order valence-electron chi connectivity index (χ4n) is 4.45. The van der Waals surface area contributed by atoms with E-state index >= 15 is 0 Å². The predicted molar refractivity (Wildman–Crippen MR) is 128 cm³/mol. The molecule has 32 heavy (non-hydrogen) atoms. The number of aromatic nitrogens is 4. The number of tetrazole rings is 1. The molecule has 1 aromatic heterocycles. The number of para-hydroxylation sites is 1. The minimum Gasteiger partial charge on any atom is -0.284 e. The van der Waals surface area contributed by atoms with E-state index in [1.807, 2.05) is 4.68 Å². The van der Waals surface area contributed by atoms with Crippen molar-refractivity contribution in [2.45, 2.75) is 46.8 Å². The highest BCUT2D eigenvalue weighted by Crippen LogP contribution is 2.32. The summed E-state index contributed by atoms with van der Waals surface area (Å²) in [6.07, 6.45) is 0. The first-order valence-corrected chi connectivity index (χ1v) is 11.2. The molecule has 0 radical (unpaired) electrons. The van der Waals surface area contributed by atoms with E-state index in [1.54, 1.807) is 0 Å². The summed E-state index contributed by atoms with van der Waals surface area (Å²) in [6.45, 7) is 10.4. The van der Waals surface area contributed by atoms with Crippen LogP contribution in [-0.4, -0.2) is 25.1 Å². The van der Waals surface area contributed by atoms with Gasteiger partial charge in [-0.2, -0.15) is 4.68 Å². The molecule has 0 aliphatic rings. The van der Waals surface area contributed by atoms with Crippen molar-refractivity contribution < 1.29 is 0 Å². The maximum Gasteiger partial charge on any atom is 0.174 e. The molecule has 0 unspecified atom stereocenters. The third kappa shape index (κ3) is 4.78. The average molecular weight is 426 g/mol. The number of hydrogen-bond donors (Lipinski definition) is 0. The molecule has 0 fully saturated rings. The van der Waals surface area contributed by atoms with Crippen LogP contribution in [0.15, 0.2) is 78.9 Å². The zero-order valence-corrected chi connectivity index (χ0v) is 19.3. The van der Waals surface area contributed by atoms with Gasteiger partial charge in [0.25, 0.3) is 0 Å². The molecule has 164 valence electrons. The van der Waals surface area contributed by atoms with E-state index in [-0.39, 0.29) is 6.04 Å². The van der Waals surface area contributed by atoms with Crippen LogP contribution in [0.4, 0.5) is 0 Å². The van der Waals surface area contributed by atoms with E-state index in [4.69, 9.17) is 0 Å². The molecular formula is C27H31N5. The third-order valence-electron chi connectivity index (χ3n) is 5.89. The van der Waals surface area contributed by atoms with Crippen molar-refractivity contribution in [3.8, 4) is 5.69 Å². The van der Waals surface area contributed by atoms with Crippen molar-refractivity contribution in [2.24, 2.45) is 5.92 Å². The van der Waals surface area contributed by atoms with Crippen LogP contribution in [0.2, 0.25) is 0 Å². The quantitative estimate of drug-likeness (QED) is 0.364. The van der Waals surface area contributed by atoms with Gasteiger partial charge in [-0.05, 0) is 52.4 Å². The van der Waals surface area contributed by atoms with Gasteiger partial charge in [-0.25, -0.2) is 0 Å². The van der Waals surface area contributed by atoms with Gasteiger partial charge >= 0.3 is 0 Å². The molecule has 5 nitrogen and oxygen atoms in total. The molecule has 0 bridgehead atoms. The van der Waals surface area contributed by atoms with Crippen LogP contribution in [0.5, 0.6) is 0 Å². The molecule has 0 aliphatic carbocycles. The first-order chi connectivity index (χ1) is 15.5. The van der Waals surface area contributed by atoms with Crippen molar-refractivity contribution in [3.05, 3.63) is 107 Å². The summed E-state index contributed by atoms with van der Waals surface area (Å²) in [7, 11) is 0. The number of hydrogen-bond acceptors (Lipinski definition) is 4. The lowest BCUT2D eigenvalue weighted by Crippen LogP contribution is -2.33. The molecule has 4 rings (SSSR count). The first kappa shape index (κ1) is 21.9. The van der Waals surface area contributed by atoms with E-state index in [1.165, 1.54) is 22.3 Å². The molecule has 0 N–H and O–H groups in total. The summed E-state index contributed by atoms with van der Waals surface area (Å²) in [5, 5.41) is 13.1. The first-order valence-electron chi connectivity index (χ1n) is 11.2. The van der Waals surface area contributed by atoms with Crippen molar-refractivity contribution in [1.29, 1.82) is 0 Å². The Kier molecular flexibility index (Phi) is 6.76. The van der Waals surface area contributed by atoms with Crippen LogP contribution in [0.25, 0.3) is 5.69 Å². The average Bonchev–Trinajstić information content (AvgIpc) is 3.23. The summed E-state index contributed by atoms with van der Waals surface area (Å²) in [4.78, 5) is 2.49. The maximum absolute atomic E-state index is 4.56. The predicted octanol–water partition coefficient (Wildman–Crippen LogP) is 5.68. The van der Waals surface area contributed by atoms with Crippen LogP contribution in [0.3, 0.4) is 0 Å². The summed E-state index contributed by atoms with van der Waals surface area (Å²) in [5.74, 6) is 1.20. The summed E-state index contributed by atoms with van der Waals surface area (Å²) in [5.41, 5.74) is 5.95. The van der Waals surface area contributed by atoms with Crippen LogP contribution >= 0.6 is 0 Å². The highest BCUT2D eigenvalue weighted by Gasteiger charge is 2.30. The Morgan fingerprint density at radius 3 is 1.78 bits per heavy atom. The molecule has 4 aromatic rings. The van der Waals surface area contributed by atoms with Gasteiger partial charge in [0.2, 0.25) is 0 Å². The second kappa shape index (κ2) is 9.88. The smallest absolute Gasteiger partial charge is 0.174 e. The van der Waals surface area contributed by atoms with Crippen molar-refractivity contribution >= 4 is 0 Å². The maximum atomic E-state index is 4.56. The Bertz CT molecular complexity index is 1070. The molecule has 1 atom stereocenters. The molecular weight excluding hydrogens is 394 g/mol. The molecule has 0 aliphatic heterocycles. The molecule has 3 aromatic carbocycles. The monoisotopic (exact) mass is 425 g/mol. The van der Waals surface area contributed by atoms with E-state index in [9.17, 15) is 0 Å². The van der Waals surface area contributed by atoms with Gasteiger partial charge in [-0.15, -0.1) is 5.10 Å². The summed E-state index contributed by atoms with van der Waals surface area (Å²) < 4.78 is 1.94. The van der Waals surface area contributed by atoms with Crippen molar-refractivity contribution in [1.82, 2.24) is 25.1 Å². The van der Waals surface area contributed by atoms with Crippen LogP contribution in [0.1, 0.15) is 48.0 Å². The van der Waals surface area contributed by atoms with Gasteiger partial charge in [-0.3, -0.25) is 4.90 Å². The fourth-order valence-corrected chi connectivity index (χ4v) is 4.45. The highest BCUT2D eigenvalue weighted by molar-refractivity contribution is 5.46. The lowest BCUT2D eigenvalue weighted by Gasteiger charge is -2.34. The zero-order chi connectivity index (χ0) is 22.5. The van der Waals surface area contributed by atoms with Crippen molar-refractivity contribution in [3.63, 3.8) is 0 Å². The van der Waals surface area contributed by atoms with Crippen LogP contribution in [0, 0.1) is 19.8 Å². The normalized spacial score (nSPS) is 12.4. The van der Waals surface area contributed by atoms with Gasteiger partial charge in [0.15, 0.2) is 5.82 Å². The lowest BCUT2D eigenvalue weighted by molar-refractivity contribution is 0.128. The van der Waals surface area contributed by atoms with E-state index < -0.39 is 0 Å². The molecule has 0 spiro atoms. The third-order valence-corrected chi connectivity index (χ3v) is 5.89. The molecule has 0 saturated heterocycles. The number of rotatable bonds is 8. The number of aryl methyl sites for hydroxylation is 2. The summed E-state index contributed by atoms with van der Waals surface area (Å²) in [6, 6.07) is 27.6. The van der Waals surface area contributed by atoms with Gasteiger partial charge in [-0.1, -0.05) is 92.7 Å². The Morgan fingerprint density at radius 2 is 1.28 bits per heavy atom.